The molecule has 0 bridgehead atoms. The van der Waals surface area contributed by atoms with Crippen molar-refractivity contribution in [2.75, 3.05) is 20.3 Å². The van der Waals surface area contributed by atoms with Crippen LogP contribution in [0.2, 0.25) is 0 Å². The van der Waals surface area contributed by atoms with Crippen LogP contribution >= 0.6 is 0 Å². The van der Waals surface area contributed by atoms with Gasteiger partial charge in [-0.3, -0.25) is 4.79 Å². The van der Waals surface area contributed by atoms with E-state index in [1.165, 1.54) is 0 Å². The van der Waals surface area contributed by atoms with Gasteiger partial charge in [0.2, 0.25) is 0 Å². The fraction of sp³-hybridized carbons (Fsp3) is 0.900. The van der Waals surface area contributed by atoms with Gasteiger partial charge in [-0.25, -0.2) is 0 Å². The lowest BCUT2D eigenvalue weighted by Crippen LogP contribution is -2.28. The second kappa shape index (κ2) is 6.11. The van der Waals surface area contributed by atoms with Gasteiger partial charge >= 0.3 is 0 Å². The van der Waals surface area contributed by atoms with E-state index in [0.29, 0.717) is 13.0 Å². The molecule has 0 radical (unpaired) electrons. The van der Waals surface area contributed by atoms with Gasteiger partial charge in [-0.1, -0.05) is 6.92 Å². The number of rotatable bonds is 7. The molecule has 78 valence electrons. The molecule has 0 aromatic heterocycles. The quantitative estimate of drug-likeness (QED) is 0.571. The lowest BCUT2D eigenvalue weighted by molar-refractivity contribution is -0.128. The Morgan fingerprint density at radius 2 is 2.00 bits per heavy atom. The maximum absolute atomic E-state index is 11.3. The summed E-state index contributed by atoms with van der Waals surface area (Å²) in [4.78, 5) is 11.3. The molecule has 0 amide bonds. The van der Waals surface area contributed by atoms with Crippen LogP contribution in [0.1, 0.15) is 33.6 Å². The molecule has 0 heterocycles. The van der Waals surface area contributed by atoms with Crippen LogP contribution in [0.5, 0.6) is 0 Å². The van der Waals surface area contributed by atoms with E-state index in [9.17, 15) is 4.79 Å². The smallest absolute Gasteiger partial charge is 0.161 e. The first-order chi connectivity index (χ1) is 6.02. The normalized spacial score (nSPS) is 11.7. The minimum absolute atomic E-state index is 0.0975. The molecule has 3 heteroatoms. The highest BCUT2D eigenvalue weighted by atomic mass is 16.5. The van der Waals surface area contributed by atoms with E-state index in [1.54, 1.807) is 7.11 Å². The highest BCUT2D eigenvalue weighted by Gasteiger charge is 2.20. The molecule has 0 atom stereocenters. The molecule has 0 saturated heterocycles. The summed E-state index contributed by atoms with van der Waals surface area (Å²) in [6.45, 7) is 6.67. The van der Waals surface area contributed by atoms with Crippen molar-refractivity contribution < 1.29 is 14.3 Å². The van der Waals surface area contributed by atoms with Crippen LogP contribution in [-0.4, -0.2) is 31.7 Å². The Morgan fingerprint density at radius 3 is 2.46 bits per heavy atom. The number of hydrogen-bond acceptors (Lipinski definition) is 3. The highest BCUT2D eigenvalue weighted by Crippen LogP contribution is 2.12. The van der Waals surface area contributed by atoms with Crippen molar-refractivity contribution in [2.45, 2.75) is 39.2 Å². The molecule has 0 fully saturated rings. The number of hydrogen-bond donors (Lipinski definition) is 0. The van der Waals surface area contributed by atoms with Crippen LogP contribution in [0, 0.1) is 0 Å². The summed E-state index contributed by atoms with van der Waals surface area (Å²) in [6.07, 6.45) is 1.36. The third-order valence-electron chi connectivity index (χ3n) is 1.79. The number of carbonyl (C=O) groups is 1. The Balaban J connectivity index is 3.62. The molecule has 0 saturated carbocycles. The Morgan fingerprint density at radius 1 is 1.38 bits per heavy atom. The van der Waals surface area contributed by atoms with Crippen molar-refractivity contribution in [3.8, 4) is 0 Å². The van der Waals surface area contributed by atoms with Gasteiger partial charge in [-0.2, -0.15) is 0 Å². The Kier molecular flexibility index (Phi) is 5.91. The zero-order valence-electron chi connectivity index (χ0n) is 9.05. The van der Waals surface area contributed by atoms with E-state index in [1.807, 2.05) is 20.8 Å². The van der Waals surface area contributed by atoms with Crippen molar-refractivity contribution in [3.63, 3.8) is 0 Å². The summed E-state index contributed by atoms with van der Waals surface area (Å²) in [7, 11) is 1.61. The van der Waals surface area contributed by atoms with Crippen LogP contribution < -0.4 is 0 Å². The Bertz CT molecular complexity index is 152. The fourth-order valence-electron chi connectivity index (χ4n) is 0.928. The number of Topliss-reactive ketones (excluding diaryl/α,β-unsaturated/α-hetero) is 1. The lowest BCUT2D eigenvalue weighted by atomic mass is 10.0. The van der Waals surface area contributed by atoms with E-state index < -0.39 is 0 Å². The van der Waals surface area contributed by atoms with Gasteiger partial charge in [-0.15, -0.1) is 0 Å². The van der Waals surface area contributed by atoms with E-state index in [2.05, 4.69) is 0 Å². The predicted octanol–water partition coefficient (Wildman–Crippen LogP) is 1.80. The van der Waals surface area contributed by atoms with Crippen LogP contribution in [0.25, 0.3) is 0 Å². The molecule has 0 aromatic rings. The largest absolute Gasteiger partial charge is 0.378 e. The second-order valence-electron chi connectivity index (χ2n) is 3.73. The summed E-state index contributed by atoms with van der Waals surface area (Å²) in [5, 5.41) is 0. The first kappa shape index (κ1) is 12.6. The minimum atomic E-state index is -0.368. The second-order valence-corrected chi connectivity index (χ2v) is 3.73. The first-order valence-corrected chi connectivity index (χ1v) is 4.66. The molecule has 3 nitrogen and oxygen atoms in total. The molecule has 13 heavy (non-hydrogen) atoms. The van der Waals surface area contributed by atoms with Gasteiger partial charge in [0.25, 0.3) is 0 Å². The molecule has 0 N–H and O–H groups in total. The number of methoxy groups -OCH3 is 1. The van der Waals surface area contributed by atoms with E-state index in [0.717, 1.165) is 6.42 Å². The molecule has 0 aliphatic rings. The molecule has 0 rings (SSSR count). The van der Waals surface area contributed by atoms with E-state index in [4.69, 9.17) is 9.47 Å². The maximum Gasteiger partial charge on any atom is 0.161 e. The summed E-state index contributed by atoms with van der Waals surface area (Å²) in [5.41, 5.74) is -0.368. The first-order valence-electron chi connectivity index (χ1n) is 4.66. The van der Waals surface area contributed by atoms with Gasteiger partial charge in [0.1, 0.15) is 6.61 Å². The zero-order chi connectivity index (χ0) is 10.3. The van der Waals surface area contributed by atoms with Crippen molar-refractivity contribution in [3.05, 3.63) is 0 Å². The highest BCUT2D eigenvalue weighted by molar-refractivity contribution is 5.80. The number of ketones is 1. The predicted molar refractivity (Wildman–Crippen MR) is 51.8 cm³/mol. The molecule has 0 aliphatic heterocycles. The van der Waals surface area contributed by atoms with Gasteiger partial charge in [0.05, 0.1) is 5.60 Å². The summed E-state index contributed by atoms with van der Waals surface area (Å²) < 4.78 is 10.3. The third kappa shape index (κ3) is 6.72. The van der Waals surface area contributed by atoms with Crippen molar-refractivity contribution in [1.29, 1.82) is 0 Å². The SMILES string of the molecule is CCCOCC(=O)CC(C)(C)OC. The molecule has 0 aliphatic carbocycles. The maximum atomic E-state index is 11.3. The van der Waals surface area contributed by atoms with Gasteiger partial charge in [0, 0.05) is 20.1 Å². The summed E-state index contributed by atoms with van der Waals surface area (Å²) >= 11 is 0. The van der Waals surface area contributed by atoms with Crippen LogP contribution in [-0.2, 0) is 14.3 Å². The van der Waals surface area contributed by atoms with Gasteiger partial charge < -0.3 is 9.47 Å². The zero-order valence-corrected chi connectivity index (χ0v) is 9.05. The summed E-state index contributed by atoms with van der Waals surface area (Å²) in [6, 6.07) is 0. The Hall–Kier alpha value is -0.410. The average Bonchev–Trinajstić information content (AvgIpc) is 2.04. The van der Waals surface area contributed by atoms with E-state index >= 15 is 0 Å². The van der Waals surface area contributed by atoms with Crippen LogP contribution in [0.4, 0.5) is 0 Å². The van der Waals surface area contributed by atoms with Crippen molar-refractivity contribution in [2.24, 2.45) is 0 Å². The van der Waals surface area contributed by atoms with Gasteiger partial charge in [-0.05, 0) is 20.3 Å². The molecular formula is C10H20O3. The monoisotopic (exact) mass is 188 g/mol. The number of ether oxygens (including phenoxy) is 2. The topological polar surface area (TPSA) is 35.5 Å². The standard InChI is InChI=1S/C10H20O3/c1-5-6-13-8-9(11)7-10(2,3)12-4/h5-8H2,1-4H3. The van der Waals surface area contributed by atoms with Gasteiger partial charge in [0.15, 0.2) is 5.78 Å². The number of carbonyl (C=O) groups excluding carboxylic acids is 1. The third-order valence-corrected chi connectivity index (χ3v) is 1.79. The van der Waals surface area contributed by atoms with Crippen LogP contribution in [0.3, 0.4) is 0 Å². The molecular weight excluding hydrogens is 168 g/mol. The fourth-order valence-corrected chi connectivity index (χ4v) is 0.928. The Labute approximate surface area is 80.4 Å². The van der Waals surface area contributed by atoms with Crippen molar-refractivity contribution >= 4 is 5.78 Å². The average molecular weight is 188 g/mol. The van der Waals surface area contributed by atoms with Crippen LogP contribution in [0.15, 0.2) is 0 Å². The molecule has 0 spiro atoms. The van der Waals surface area contributed by atoms with Crippen molar-refractivity contribution in [1.82, 2.24) is 0 Å². The summed E-state index contributed by atoms with van der Waals surface area (Å²) in [5.74, 6) is 0.0975. The minimum Gasteiger partial charge on any atom is -0.378 e. The lowest BCUT2D eigenvalue weighted by Gasteiger charge is -2.21. The van der Waals surface area contributed by atoms with E-state index in [-0.39, 0.29) is 18.0 Å². The molecule has 0 unspecified atom stereocenters. The molecule has 0 aromatic carbocycles.